The Morgan fingerprint density at radius 2 is 1.80 bits per heavy atom. The van der Waals surface area contributed by atoms with Crippen molar-refractivity contribution in [2.45, 2.75) is 52.4 Å². The highest BCUT2D eigenvalue weighted by Crippen LogP contribution is 2.34. The second kappa shape index (κ2) is 7.08. The average Bonchev–Trinajstić information content (AvgIpc) is 2.60. The highest BCUT2D eigenvalue weighted by molar-refractivity contribution is 5.85. The van der Waals surface area contributed by atoms with Gasteiger partial charge in [0.2, 0.25) is 5.91 Å². The zero-order valence-corrected chi connectivity index (χ0v) is 13.5. The number of amides is 1. The molecule has 0 unspecified atom stereocenters. The van der Waals surface area contributed by atoms with Gasteiger partial charge < -0.3 is 10.2 Å². The van der Waals surface area contributed by atoms with E-state index in [0.29, 0.717) is 19.4 Å². The van der Waals surface area contributed by atoms with Crippen LogP contribution >= 0.6 is 0 Å². The van der Waals surface area contributed by atoms with Crippen molar-refractivity contribution >= 4 is 5.91 Å². The summed E-state index contributed by atoms with van der Waals surface area (Å²) in [4.78, 5) is 14.6. The molecular weight excluding hydrogens is 250 g/mol. The minimum absolute atomic E-state index is 0.0144. The molecule has 4 heteroatoms. The Kier molecular flexibility index (Phi) is 6.01. The van der Waals surface area contributed by atoms with Gasteiger partial charge in [0.05, 0.1) is 6.07 Å². The highest BCUT2D eigenvalue weighted by atomic mass is 16.2. The van der Waals surface area contributed by atoms with E-state index in [-0.39, 0.29) is 11.3 Å². The predicted octanol–water partition coefficient (Wildman–Crippen LogP) is 2.55. The van der Waals surface area contributed by atoms with E-state index >= 15 is 0 Å². The maximum atomic E-state index is 12.5. The van der Waals surface area contributed by atoms with Crippen molar-refractivity contribution in [3.8, 4) is 6.07 Å². The normalized spacial score (nSPS) is 19.2. The molecule has 1 aliphatic carbocycles. The molecule has 1 rings (SSSR count). The lowest BCUT2D eigenvalue weighted by Gasteiger charge is -2.31. The molecule has 0 aromatic rings. The number of nitrogens with one attached hydrogen (secondary N) is 1. The Morgan fingerprint density at radius 3 is 2.25 bits per heavy atom. The number of nitriles is 1. The van der Waals surface area contributed by atoms with Gasteiger partial charge in [-0.1, -0.05) is 39.5 Å². The molecule has 1 fully saturated rings. The van der Waals surface area contributed by atoms with Crippen LogP contribution in [0.4, 0.5) is 0 Å². The minimum atomic E-state index is -0.787. The van der Waals surface area contributed by atoms with Gasteiger partial charge in [-0.05, 0) is 32.4 Å². The quantitative estimate of drug-likeness (QED) is 0.787. The Hall–Kier alpha value is -1.08. The van der Waals surface area contributed by atoms with Crippen molar-refractivity contribution in [3.63, 3.8) is 0 Å². The van der Waals surface area contributed by atoms with E-state index in [9.17, 15) is 10.1 Å². The Labute approximate surface area is 123 Å². The first-order valence-corrected chi connectivity index (χ1v) is 7.66. The van der Waals surface area contributed by atoms with Crippen LogP contribution in [0.3, 0.4) is 0 Å². The topological polar surface area (TPSA) is 56.1 Å². The van der Waals surface area contributed by atoms with Crippen LogP contribution in [0.2, 0.25) is 0 Å². The van der Waals surface area contributed by atoms with Crippen molar-refractivity contribution in [2.24, 2.45) is 10.8 Å². The van der Waals surface area contributed by atoms with Crippen LogP contribution in [0.1, 0.15) is 52.4 Å². The fraction of sp³-hybridized carbons (Fsp3) is 0.875. The summed E-state index contributed by atoms with van der Waals surface area (Å²) in [6.45, 7) is 5.80. The molecule has 1 amide bonds. The van der Waals surface area contributed by atoms with Gasteiger partial charge in [0, 0.05) is 13.1 Å². The van der Waals surface area contributed by atoms with Crippen LogP contribution in [0.25, 0.3) is 0 Å². The van der Waals surface area contributed by atoms with Crippen LogP contribution in [0, 0.1) is 22.2 Å². The molecule has 0 aliphatic heterocycles. The first-order chi connectivity index (χ1) is 9.31. The summed E-state index contributed by atoms with van der Waals surface area (Å²) in [5.74, 6) is -0.0614. The molecule has 0 heterocycles. The molecule has 1 aliphatic rings. The van der Waals surface area contributed by atoms with Gasteiger partial charge >= 0.3 is 0 Å². The summed E-state index contributed by atoms with van der Waals surface area (Å²) >= 11 is 0. The summed E-state index contributed by atoms with van der Waals surface area (Å²) in [6.07, 6.45) is 5.68. The van der Waals surface area contributed by atoms with Crippen molar-refractivity contribution < 1.29 is 4.79 Å². The van der Waals surface area contributed by atoms with Gasteiger partial charge in [-0.25, -0.2) is 0 Å². The zero-order valence-electron chi connectivity index (χ0n) is 13.5. The molecule has 0 aromatic carbocycles. The number of nitrogens with zero attached hydrogens (tertiary/aromatic N) is 2. The maximum absolute atomic E-state index is 12.5. The number of hydrogen-bond donors (Lipinski definition) is 1. The van der Waals surface area contributed by atoms with Gasteiger partial charge in [0.15, 0.2) is 0 Å². The van der Waals surface area contributed by atoms with Crippen LogP contribution < -0.4 is 5.32 Å². The molecule has 0 bridgehead atoms. The Balaban J connectivity index is 2.62. The van der Waals surface area contributed by atoms with Crippen LogP contribution in [0.15, 0.2) is 0 Å². The SMILES string of the molecule is CN(C)CC(C)(C)CNC(=O)C1(C#N)CCCCCC1. The van der Waals surface area contributed by atoms with Crippen LogP contribution in [-0.2, 0) is 4.79 Å². The van der Waals surface area contributed by atoms with E-state index in [1.807, 2.05) is 14.1 Å². The summed E-state index contributed by atoms with van der Waals surface area (Å²) in [5, 5.41) is 12.5. The van der Waals surface area contributed by atoms with Crippen molar-refractivity contribution in [2.75, 3.05) is 27.2 Å². The maximum Gasteiger partial charge on any atom is 0.240 e. The molecule has 1 saturated carbocycles. The minimum Gasteiger partial charge on any atom is -0.354 e. The Morgan fingerprint density at radius 1 is 1.25 bits per heavy atom. The predicted molar refractivity (Wildman–Crippen MR) is 81.1 cm³/mol. The van der Waals surface area contributed by atoms with Gasteiger partial charge in [0.1, 0.15) is 5.41 Å². The first-order valence-electron chi connectivity index (χ1n) is 7.66. The summed E-state index contributed by atoms with van der Waals surface area (Å²) in [5.41, 5.74) is -0.773. The van der Waals surface area contributed by atoms with Crippen molar-refractivity contribution in [1.82, 2.24) is 10.2 Å². The molecule has 114 valence electrons. The summed E-state index contributed by atoms with van der Waals surface area (Å²) < 4.78 is 0. The molecule has 0 saturated heterocycles. The molecule has 20 heavy (non-hydrogen) atoms. The summed E-state index contributed by atoms with van der Waals surface area (Å²) in [7, 11) is 4.07. The standard InChI is InChI=1S/C16H29N3O/c1-15(2,13-19(3)4)12-18-14(20)16(11-17)9-7-5-6-8-10-16/h5-10,12-13H2,1-4H3,(H,18,20). The van der Waals surface area contributed by atoms with E-state index in [2.05, 4.69) is 30.1 Å². The first kappa shape index (κ1) is 17.0. The molecule has 0 aromatic heterocycles. The molecule has 1 N–H and O–H groups in total. The van der Waals surface area contributed by atoms with Crippen LogP contribution in [0.5, 0.6) is 0 Å². The Bertz CT molecular complexity index is 360. The monoisotopic (exact) mass is 279 g/mol. The van der Waals surface area contributed by atoms with E-state index in [4.69, 9.17) is 0 Å². The van der Waals surface area contributed by atoms with Gasteiger partial charge in [0.25, 0.3) is 0 Å². The van der Waals surface area contributed by atoms with Gasteiger partial charge in [-0.15, -0.1) is 0 Å². The third-order valence-electron chi connectivity index (χ3n) is 4.08. The lowest BCUT2D eigenvalue weighted by atomic mass is 9.80. The molecule has 0 radical (unpaired) electrons. The highest BCUT2D eigenvalue weighted by Gasteiger charge is 2.39. The number of hydrogen-bond acceptors (Lipinski definition) is 3. The molecule has 0 atom stereocenters. The lowest BCUT2D eigenvalue weighted by Crippen LogP contribution is -2.45. The third kappa shape index (κ3) is 4.79. The van der Waals surface area contributed by atoms with Crippen LogP contribution in [-0.4, -0.2) is 38.0 Å². The van der Waals surface area contributed by atoms with Gasteiger partial charge in [-0.2, -0.15) is 5.26 Å². The van der Waals surface area contributed by atoms with Crippen molar-refractivity contribution in [3.05, 3.63) is 0 Å². The van der Waals surface area contributed by atoms with E-state index in [1.54, 1.807) is 0 Å². The van der Waals surface area contributed by atoms with Crippen molar-refractivity contribution in [1.29, 1.82) is 5.26 Å². The number of carbonyl (C=O) groups is 1. The zero-order chi connectivity index (χ0) is 15.2. The average molecular weight is 279 g/mol. The lowest BCUT2D eigenvalue weighted by molar-refractivity contribution is -0.129. The molecule has 0 spiro atoms. The number of rotatable bonds is 5. The second-order valence-corrected chi connectivity index (χ2v) is 7.19. The largest absolute Gasteiger partial charge is 0.354 e. The van der Waals surface area contributed by atoms with E-state index < -0.39 is 5.41 Å². The van der Waals surface area contributed by atoms with E-state index in [0.717, 1.165) is 32.2 Å². The molecular formula is C16H29N3O. The third-order valence-corrected chi connectivity index (χ3v) is 4.08. The summed E-state index contributed by atoms with van der Waals surface area (Å²) in [6, 6.07) is 2.31. The van der Waals surface area contributed by atoms with E-state index in [1.165, 1.54) is 0 Å². The second-order valence-electron chi connectivity index (χ2n) is 7.19. The fourth-order valence-electron chi connectivity index (χ4n) is 3.12. The number of carbonyl (C=O) groups excluding carboxylic acids is 1. The van der Waals surface area contributed by atoms with Gasteiger partial charge in [-0.3, -0.25) is 4.79 Å². The molecule has 4 nitrogen and oxygen atoms in total. The smallest absolute Gasteiger partial charge is 0.240 e. The fourth-order valence-corrected chi connectivity index (χ4v) is 3.12.